The Bertz CT molecular complexity index is 1630. The average molecular weight is 806 g/mol. The molecule has 0 bridgehead atoms. The van der Waals surface area contributed by atoms with Gasteiger partial charge in [0.15, 0.2) is 17.9 Å². The fourth-order valence-corrected chi connectivity index (χ4v) is 6.48. The molecule has 5 unspecified atom stereocenters. The number of hydrogen-bond acceptors (Lipinski definition) is 14. The van der Waals surface area contributed by atoms with Crippen molar-refractivity contribution in [3.8, 4) is 17.2 Å². The minimum Gasteiger partial charge on any atom is -0.507 e. The van der Waals surface area contributed by atoms with Crippen LogP contribution in [-0.2, 0) is 36.6 Å². The average Bonchev–Trinajstić information content (AvgIpc) is 3.17. The van der Waals surface area contributed by atoms with Gasteiger partial charge in [0.25, 0.3) is 0 Å². The Labute approximate surface area is 337 Å². The first-order valence-electron chi connectivity index (χ1n) is 19.9. The minimum absolute atomic E-state index is 0.00489. The highest BCUT2D eigenvalue weighted by atomic mass is 16.6. The van der Waals surface area contributed by atoms with Gasteiger partial charge >= 0.3 is 5.97 Å². The summed E-state index contributed by atoms with van der Waals surface area (Å²) < 4.78 is 21.2. The molecule has 2 aliphatic carbocycles. The second-order valence-electron chi connectivity index (χ2n) is 14.5. The molecule has 322 valence electrons. The van der Waals surface area contributed by atoms with E-state index in [1.165, 1.54) is 13.2 Å². The number of benzene rings is 2. The third kappa shape index (κ3) is 13.6. The lowest BCUT2D eigenvalue weighted by Crippen LogP contribution is -2.51. The van der Waals surface area contributed by atoms with Crippen molar-refractivity contribution in [2.45, 2.75) is 138 Å². The summed E-state index contributed by atoms with van der Waals surface area (Å²) in [5, 5.41) is 48.0. The molecule has 0 spiro atoms. The van der Waals surface area contributed by atoms with E-state index in [9.17, 15) is 34.5 Å². The van der Waals surface area contributed by atoms with Crippen molar-refractivity contribution in [3.05, 3.63) is 51.6 Å². The number of esters is 1. The number of ketones is 3. The molecule has 2 aromatic rings. The molecular weight excluding hydrogens is 738 g/mol. The van der Waals surface area contributed by atoms with Crippen molar-refractivity contribution in [2.24, 2.45) is 17.6 Å². The van der Waals surface area contributed by atoms with Crippen LogP contribution in [0.1, 0.15) is 138 Å². The van der Waals surface area contributed by atoms with Crippen LogP contribution in [-0.4, -0.2) is 106 Å². The number of phenols is 2. The lowest BCUT2D eigenvalue weighted by Gasteiger charge is -2.33. The standard InChI is InChI=1S/C31H36O9.C6H13NO3.C2H6O.2C2H6/c1-16(2)11-12-40-31(3,4)14-23(33)39-15-21(32)17-9-10-18-20(13-17)29(36)25-26(27(18)34)30(37)24-19(28(25)35)7-6-8-22(24)38-5;1-3-6(9)4(7)2-5(8)10-3;1-2-3;2*1-2/h6-8,16-17,34,36H,9-15H2,1-5H3;3-6,8-9H,2,7H2,1H3;3H,2H2,1H3;2*1-2H3. The third-order valence-corrected chi connectivity index (χ3v) is 9.38. The molecular formula is C43H67NO13. The molecule has 0 radical (unpaired) electrons. The molecule has 14 nitrogen and oxygen atoms in total. The number of aliphatic hydroxyl groups excluding tert-OH is 3. The molecule has 1 aliphatic heterocycles. The summed E-state index contributed by atoms with van der Waals surface area (Å²) in [7, 11) is 1.38. The number of nitrogens with two attached hydrogens (primary N) is 1. The Morgan fingerprint density at radius 2 is 1.56 bits per heavy atom. The summed E-state index contributed by atoms with van der Waals surface area (Å²) in [5.41, 5.74) is 4.90. The second kappa shape index (κ2) is 24.1. The highest BCUT2D eigenvalue weighted by molar-refractivity contribution is 6.31. The van der Waals surface area contributed by atoms with Crippen LogP contribution in [0.2, 0.25) is 0 Å². The van der Waals surface area contributed by atoms with Crippen LogP contribution < -0.4 is 10.5 Å². The summed E-state index contributed by atoms with van der Waals surface area (Å²) in [5.74, 6) is -2.80. The van der Waals surface area contributed by atoms with E-state index in [0.717, 1.165) is 6.42 Å². The fraction of sp³-hybridized carbons (Fsp3) is 0.628. The Kier molecular flexibility index (Phi) is 21.6. The van der Waals surface area contributed by atoms with Crippen molar-refractivity contribution < 1.29 is 63.7 Å². The minimum atomic E-state index is -0.812. The highest BCUT2D eigenvalue weighted by Gasteiger charge is 2.41. The first-order chi connectivity index (χ1) is 26.9. The normalized spacial score (nSPS) is 20.6. The summed E-state index contributed by atoms with van der Waals surface area (Å²) >= 11 is 0. The number of hydrogen-bond donors (Lipinski definition) is 6. The number of phenolic OH excluding ortho intramolecular Hbond substituents is 2. The molecule has 1 saturated heterocycles. The lowest BCUT2D eigenvalue weighted by atomic mass is 9.75. The Balaban J connectivity index is 0.000000802. The van der Waals surface area contributed by atoms with Gasteiger partial charge in [-0.3, -0.25) is 19.2 Å². The van der Waals surface area contributed by atoms with Crippen molar-refractivity contribution in [1.29, 1.82) is 0 Å². The third-order valence-electron chi connectivity index (χ3n) is 9.38. The number of Topliss-reactive ketones (excluding diaryl/α,β-unsaturated/α-hetero) is 1. The summed E-state index contributed by atoms with van der Waals surface area (Å²) in [6.45, 7) is 19.5. The topological polar surface area (TPSA) is 232 Å². The molecule has 0 saturated carbocycles. The van der Waals surface area contributed by atoms with E-state index < -0.39 is 53.8 Å². The smallest absolute Gasteiger partial charge is 0.309 e. The second-order valence-corrected chi connectivity index (χ2v) is 14.5. The van der Waals surface area contributed by atoms with Gasteiger partial charge in [-0.1, -0.05) is 53.7 Å². The maximum absolute atomic E-state index is 13.4. The fourth-order valence-electron chi connectivity index (χ4n) is 6.48. The summed E-state index contributed by atoms with van der Waals surface area (Å²) in [6.07, 6.45) is -0.0956. The largest absolute Gasteiger partial charge is 0.507 e. The van der Waals surface area contributed by atoms with Gasteiger partial charge in [-0.05, 0) is 65.4 Å². The summed E-state index contributed by atoms with van der Waals surface area (Å²) in [6, 6.07) is 4.22. The molecule has 0 amide bonds. The van der Waals surface area contributed by atoms with Crippen molar-refractivity contribution in [3.63, 3.8) is 0 Å². The monoisotopic (exact) mass is 805 g/mol. The molecule has 5 atom stereocenters. The van der Waals surface area contributed by atoms with E-state index >= 15 is 0 Å². The van der Waals surface area contributed by atoms with Crippen LogP contribution in [0.25, 0.3) is 0 Å². The van der Waals surface area contributed by atoms with Crippen LogP contribution in [0.5, 0.6) is 17.2 Å². The van der Waals surface area contributed by atoms with Crippen LogP contribution in [0.15, 0.2) is 18.2 Å². The van der Waals surface area contributed by atoms with Gasteiger partial charge in [0, 0.05) is 48.3 Å². The molecule has 0 aromatic heterocycles. The molecule has 5 rings (SSSR count). The van der Waals surface area contributed by atoms with Crippen LogP contribution in [0.4, 0.5) is 0 Å². The van der Waals surface area contributed by atoms with E-state index in [-0.39, 0.29) is 83.1 Å². The zero-order valence-electron chi connectivity index (χ0n) is 35.6. The first kappa shape index (κ1) is 51.1. The van der Waals surface area contributed by atoms with Gasteiger partial charge in [0.1, 0.15) is 23.9 Å². The molecule has 2 aromatic carbocycles. The molecule has 57 heavy (non-hydrogen) atoms. The van der Waals surface area contributed by atoms with E-state index in [0.29, 0.717) is 30.9 Å². The Morgan fingerprint density at radius 3 is 2.12 bits per heavy atom. The van der Waals surface area contributed by atoms with Crippen LogP contribution in [0, 0.1) is 11.8 Å². The zero-order valence-corrected chi connectivity index (χ0v) is 35.6. The van der Waals surface area contributed by atoms with Gasteiger partial charge in [-0.2, -0.15) is 0 Å². The van der Waals surface area contributed by atoms with Crippen molar-refractivity contribution in [1.82, 2.24) is 0 Å². The summed E-state index contributed by atoms with van der Waals surface area (Å²) in [4.78, 5) is 52.1. The Hall–Kier alpha value is -3.92. The molecule has 3 aliphatic rings. The first-order valence-corrected chi connectivity index (χ1v) is 19.9. The van der Waals surface area contributed by atoms with Crippen molar-refractivity contribution >= 4 is 23.3 Å². The maximum Gasteiger partial charge on any atom is 0.309 e. The van der Waals surface area contributed by atoms with E-state index in [4.69, 9.17) is 34.9 Å². The van der Waals surface area contributed by atoms with Gasteiger partial charge < -0.3 is 50.2 Å². The maximum atomic E-state index is 13.4. The number of ether oxygens (including phenoxy) is 4. The number of carbonyl (C=O) groups excluding carboxylic acids is 4. The highest BCUT2D eigenvalue weighted by Crippen LogP contribution is 2.47. The van der Waals surface area contributed by atoms with Crippen LogP contribution in [0.3, 0.4) is 0 Å². The molecule has 1 heterocycles. The number of carbonyl (C=O) groups is 4. The predicted molar refractivity (Wildman–Crippen MR) is 216 cm³/mol. The number of rotatable bonds is 10. The van der Waals surface area contributed by atoms with Gasteiger partial charge in [-0.15, -0.1) is 0 Å². The molecule has 1 fully saturated rings. The zero-order chi connectivity index (χ0) is 43.8. The van der Waals surface area contributed by atoms with Gasteiger partial charge in [0.05, 0.1) is 48.0 Å². The van der Waals surface area contributed by atoms with Crippen LogP contribution >= 0.6 is 0 Å². The van der Waals surface area contributed by atoms with Crippen molar-refractivity contribution in [2.75, 3.05) is 26.9 Å². The number of aromatic hydroxyl groups is 2. The Morgan fingerprint density at radius 1 is 0.982 bits per heavy atom. The van der Waals surface area contributed by atoms with E-state index in [1.807, 2.05) is 27.7 Å². The SMILES string of the molecule is CC.CC.CC1OC(O)CC(N)C1O.CCO.COc1cccc2c1C(=O)c1c(O)c3c(c(O)c1C2=O)CC(C(=O)COC(=O)CC(C)(C)OCCC(C)C)CC3. The van der Waals surface area contributed by atoms with Gasteiger partial charge in [-0.25, -0.2) is 0 Å². The quantitative estimate of drug-likeness (QED) is 0.115. The van der Waals surface area contributed by atoms with E-state index in [2.05, 4.69) is 13.8 Å². The molecule has 7 N–H and O–H groups in total. The number of fused-ring (bicyclic) bond motifs is 3. The lowest BCUT2D eigenvalue weighted by molar-refractivity contribution is -0.198. The predicted octanol–water partition coefficient (Wildman–Crippen LogP) is 5.18. The number of methoxy groups -OCH3 is 1. The van der Waals surface area contributed by atoms with Gasteiger partial charge in [0.2, 0.25) is 5.78 Å². The molecule has 14 heteroatoms. The number of aliphatic hydroxyl groups is 3. The van der Waals surface area contributed by atoms with E-state index in [1.54, 1.807) is 39.8 Å².